The first-order valence-electron chi connectivity index (χ1n) is 60.1. The van der Waals surface area contributed by atoms with Crippen LogP contribution in [0.1, 0.15) is 106 Å². The van der Waals surface area contributed by atoms with E-state index in [2.05, 4.69) is 29.9 Å². The molecule has 21 aromatic rings. The number of hydrogen-bond donors (Lipinski definition) is 0. The number of aryl methyl sites for hydroxylation is 2. The molecule has 0 spiro atoms. The Bertz CT molecular complexity index is 9750. The van der Waals surface area contributed by atoms with E-state index >= 15 is 0 Å². The summed E-state index contributed by atoms with van der Waals surface area (Å²) in [5.41, 5.74) is -1.81. The maximum absolute atomic E-state index is 9.10. The number of para-hydroxylation sites is 9. The van der Waals surface area contributed by atoms with E-state index in [9.17, 15) is 0 Å². The van der Waals surface area contributed by atoms with E-state index in [1.807, 2.05) is 0 Å². The van der Waals surface area contributed by atoms with Crippen molar-refractivity contribution in [3.05, 3.63) is 354 Å². The summed E-state index contributed by atoms with van der Waals surface area (Å²) in [5, 5.41) is -1.14. The van der Waals surface area contributed by atoms with Crippen LogP contribution in [0.2, 0.25) is 6.82 Å². The van der Waals surface area contributed by atoms with Gasteiger partial charge >= 0.3 is 0 Å². The molecule has 0 unspecified atom stereocenters. The smallest absolute Gasteiger partial charge is 0.240 e. The quantitative estimate of drug-likeness (QED) is 0.153. The molecule has 0 aliphatic carbocycles. The van der Waals surface area contributed by atoms with Gasteiger partial charge in [-0.25, -0.2) is 0 Å². The Kier molecular flexibility index (Phi) is 7.88. The Balaban J connectivity index is 0.000000142. The second-order valence-corrected chi connectivity index (χ2v) is 24.9. The van der Waals surface area contributed by atoms with Gasteiger partial charge in [-0.15, -0.1) is 0 Å². The highest BCUT2D eigenvalue weighted by atomic mass is 15.3. The summed E-state index contributed by atoms with van der Waals surface area (Å²) in [7, 11) is 1.59. The van der Waals surface area contributed by atoms with Crippen LogP contribution in [-0.2, 0) is 7.05 Å². The average molecular weight is 1490 g/mol. The molecule has 111 heavy (non-hydrogen) atoms. The van der Waals surface area contributed by atoms with Crippen molar-refractivity contribution in [1.82, 2.24) is 52.7 Å². The number of nitrogens with zero attached hydrogens (tertiary/aromatic N) is 12. The minimum atomic E-state index is -0.766. The minimum absolute atomic E-state index is 0.00571. The van der Waals surface area contributed by atoms with E-state index in [0.717, 1.165) is 23.2 Å². The SMILES string of the molecule is [2H]c1c([2H])c(C)c([2H])c(-c2nc(-n3c4c([2H])c([2H])c([2H])c([2H])c4c4c([2H])c([2H])c([2H])c([2H])c43)nc(-n3c4c([2H])c([2H])c([2H])c([2H])c4c4c([2H])c(C)c([2H])c([2H])c43)n2)c1[2H].[2H]c1c([2H])c([2H])c(N2c3c([2H])c([2H])c([2H])c([2H])c3B(C)c3c(C)c([2H])c([2H])c([2H])c32)c([2H])c1[2H].[2H]c1c([2H])c([2H])c2c(c1[2H])c1c([2H])c(C)c([2H])c([2H])c1n2C.[2H]c1c([2H])c([2H])c2c(c1[2H])c1c([2H])c([2H])c([2H])c([2H])c1n2-c1nc(C)nc(-n2c3c([2H])c([2H])c([2H])c([2H])c3c3c([2H])c(C)c([2H])c([2H])c32)n1. The van der Waals surface area contributed by atoms with Crippen LogP contribution in [0.4, 0.5) is 17.1 Å². The summed E-state index contributed by atoms with van der Waals surface area (Å²) in [5.74, 6) is -2.64. The van der Waals surface area contributed by atoms with E-state index in [1.54, 1.807) is 27.7 Å². The third-order valence-corrected chi connectivity index (χ3v) is 18.1. The van der Waals surface area contributed by atoms with Gasteiger partial charge in [0, 0.05) is 94.6 Å². The number of fused-ring (bicyclic) bond motifs is 17. The molecular formula is C98H77BN12. The second-order valence-electron chi connectivity index (χ2n) is 24.9. The van der Waals surface area contributed by atoms with Crippen LogP contribution in [0.5, 0.6) is 0 Å². The Morgan fingerprint density at radius 1 is 0.279 bits per heavy atom. The highest BCUT2D eigenvalue weighted by Gasteiger charge is 2.32. The Labute approximate surface area is 717 Å². The molecule has 532 valence electrons. The van der Waals surface area contributed by atoms with Crippen molar-refractivity contribution in [2.45, 2.75) is 48.4 Å². The summed E-state index contributed by atoms with van der Waals surface area (Å²) in [6.45, 7) is 9.71. The highest BCUT2D eigenvalue weighted by Crippen LogP contribution is 2.40. The zero-order valence-corrected chi connectivity index (χ0v) is 58.9. The molecule has 0 bridgehead atoms. The normalized spacial score (nSPS) is 18.6. The third kappa shape index (κ3) is 11.7. The molecule has 0 fully saturated rings. The van der Waals surface area contributed by atoms with Gasteiger partial charge in [-0.3, -0.25) is 18.3 Å². The molecule has 0 atom stereocenters. The fraction of sp³-hybridized carbons (Fsp3) is 0.0816. The van der Waals surface area contributed by atoms with Crippen LogP contribution in [0.25, 0.3) is 144 Å². The third-order valence-electron chi connectivity index (χ3n) is 18.1. The van der Waals surface area contributed by atoms with E-state index < -0.39 is 294 Å². The lowest BCUT2D eigenvalue weighted by atomic mass is 9.40. The Morgan fingerprint density at radius 3 is 1.08 bits per heavy atom. The van der Waals surface area contributed by atoms with Crippen LogP contribution in [0.15, 0.2) is 320 Å². The monoisotopic (exact) mass is 1490 g/mol. The summed E-state index contributed by atoms with van der Waals surface area (Å²) in [6.07, 6.45) is 0. The number of anilines is 3. The molecule has 1 aliphatic rings. The number of benzene rings is 14. The Morgan fingerprint density at radius 2 is 0.613 bits per heavy atom. The van der Waals surface area contributed by atoms with Crippen LogP contribution in [0, 0.1) is 41.5 Å². The summed E-state index contributed by atoms with van der Waals surface area (Å²) < 4.78 is 456. The molecule has 12 nitrogen and oxygen atoms in total. The second kappa shape index (κ2) is 27.6. The molecule has 0 radical (unpaired) electrons. The molecular weight excluding hydrogens is 1360 g/mol. The predicted molar refractivity (Wildman–Crippen MR) is 463 cm³/mol. The molecule has 0 N–H and O–H groups in total. The van der Waals surface area contributed by atoms with Gasteiger partial charge in [0.2, 0.25) is 30.5 Å². The van der Waals surface area contributed by atoms with Crippen molar-refractivity contribution in [1.29, 1.82) is 0 Å². The lowest BCUT2D eigenvalue weighted by Crippen LogP contribution is -2.49. The van der Waals surface area contributed by atoms with Gasteiger partial charge in [-0.2, -0.15) is 29.9 Å². The molecule has 7 aromatic heterocycles. The first-order chi connectivity index (χ1) is 76.5. The van der Waals surface area contributed by atoms with Gasteiger partial charge in [0.1, 0.15) is 5.82 Å². The Hall–Kier alpha value is -14.0. The lowest BCUT2D eigenvalue weighted by molar-refractivity contribution is 0.855. The molecule has 22 rings (SSSR count). The van der Waals surface area contributed by atoms with Gasteiger partial charge in [0.25, 0.3) is 0 Å². The van der Waals surface area contributed by atoms with Gasteiger partial charge in [0.05, 0.1) is 117 Å². The fourth-order valence-corrected chi connectivity index (χ4v) is 13.3. The van der Waals surface area contributed by atoms with Crippen molar-refractivity contribution in [2.24, 2.45) is 7.05 Å². The summed E-state index contributed by atoms with van der Waals surface area (Å²) >= 11 is 0. The van der Waals surface area contributed by atoms with E-state index in [4.69, 9.17) is 72.7 Å². The van der Waals surface area contributed by atoms with Crippen LogP contribution in [-0.4, -0.2) is 59.5 Å². The van der Waals surface area contributed by atoms with Gasteiger partial charge in [-0.05, 0) is 156 Å². The lowest BCUT2D eigenvalue weighted by Gasteiger charge is -2.36. The van der Waals surface area contributed by atoms with Crippen molar-refractivity contribution in [3.63, 3.8) is 0 Å². The largest absolute Gasteiger partial charge is 0.344 e. The molecule has 8 heterocycles. The topological polar surface area (TPSA) is 105 Å². The van der Waals surface area contributed by atoms with Gasteiger partial charge in [0.15, 0.2) is 5.82 Å². The summed E-state index contributed by atoms with van der Waals surface area (Å²) in [6, 6.07) is -27.7. The summed E-state index contributed by atoms with van der Waals surface area (Å²) in [4.78, 5) is 28.0. The van der Waals surface area contributed by atoms with Crippen LogP contribution in [0.3, 0.4) is 0 Å². The maximum Gasteiger partial charge on any atom is 0.240 e. The fourth-order valence-electron chi connectivity index (χ4n) is 13.3. The number of rotatable bonds is 6. The first kappa shape index (κ1) is 31.7. The number of hydrogen-bond acceptors (Lipinski definition) is 7. The zero-order chi connectivity index (χ0) is 121. The van der Waals surface area contributed by atoms with E-state index in [1.165, 1.54) is 32.3 Å². The highest BCUT2D eigenvalue weighted by molar-refractivity contribution is 6.87. The molecule has 1 aliphatic heterocycles. The van der Waals surface area contributed by atoms with Crippen molar-refractivity contribution < 1.29 is 72.7 Å². The molecule has 0 amide bonds. The first-order valence-corrected chi connectivity index (χ1v) is 33.6. The molecule has 0 saturated heterocycles. The molecule has 13 heteroatoms. The van der Waals surface area contributed by atoms with E-state index in [0.29, 0.717) is 27.5 Å². The molecule has 0 saturated carbocycles. The standard InChI is InChI=1S/C35H25N5.C29H21N5.C20H18BN.C14H13N/c1-22-10-9-11-24(20-22)33-36-34(39-29-15-6-3-12-25(29)26-13-4-7-16-30(26)39)38-35(37-33)40-31-17-8-5-14-27(31)28-21-23(2)18-19-32(28)40;1-18-15-16-27-23(17-18)22-11-5-8-14-26(22)34(27)29-31-19(2)30-28(32-29)33-24-12-6-3-9-20(24)21-10-4-7-13-25(21)33;1-15-9-8-14-19-20(15)21(2)17-12-6-7-13-18(17)22(19)16-10-4-3-5-11-16;1-10-7-8-14-12(9-10)11-5-3-4-6-13(11)15(14)2/h3-21H,1-2H3;3-17H,1-2H3;3-14H,1-2H3;3-9H,1-2H3/i3D,4D,5D,6D,7D,8D,9D,10D,11D,12D,13D,14D,15D,16D,17D,18D,19D,20D,21D;3D,4D,5D,6D,7D,8D,9D,10D,11D,12D,13D,14D,15D,16D,17D;3D,4D,5D,6D,7D,8D,9D,10D,11D,12D,13D,14D;3D,4D,5D,6D,7D,8D,9D. The van der Waals surface area contributed by atoms with Crippen molar-refractivity contribution >= 4 is 144 Å². The van der Waals surface area contributed by atoms with Crippen molar-refractivity contribution in [2.75, 3.05) is 4.90 Å². The minimum Gasteiger partial charge on any atom is -0.344 e. The van der Waals surface area contributed by atoms with Crippen LogP contribution < -0.4 is 15.8 Å². The zero-order valence-electron chi connectivity index (χ0n) is 112. The number of aromatic nitrogens is 11. The molecule has 14 aromatic carbocycles. The van der Waals surface area contributed by atoms with Crippen molar-refractivity contribution in [3.8, 4) is 35.2 Å². The van der Waals surface area contributed by atoms with Crippen LogP contribution >= 0.6 is 0 Å². The van der Waals surface area contributed by atoms with Gasteiger partial charge < -0.3 is 9.47 Å². The average Bonchev–Trinajstić information content (AvgIpc) is 1.27. The maximum atomic E-state index is 9.10. The predicted octanol–water partition coefficient (Wildman–Crippen LogP) is 22.7. The van der Waals surface area contributed by atoms with Gasteiger partial charge in [-0.1, -0.05) is 252 Å². The van der Waals surface area contributed by atoms with E-state index in [-0.39, 0.29) is 211 Å².